The molecule has 0 amide bonds. The lowest BCUT2D eigenvalue weighted by atomic mass is 10.2. The maximum Gasteiger partial charge on any atom is 0.343 e. The molecule has 8 heteroatoms. The molecule has 0 spiro atoms. The molecule has 0 N–H and O–H groups in total. The van der Waals surface area contributed by atoms with Crippen LogP contribution in [0.2, 0.25) is 0 Å². The van der Waals surface area contributed by atoms with Gasteiger partial charge in [-0.2, -0.15) is 0 Å². The van der Waals surface area contributed by atoms with Crippen LogP contribution in [0.1, 0.15) is 20.7 Å². The van der Waals surface area contributed by atoms with Crippen LogP contribution in [-0.2, 0) is 20.8 Å². The average Bonchev–Trinajstić information content (AvgIpc) is 2.60. The van der Waals surface area contributed by atoms with Crippen molar-refractivity contribution in [2.24, 2.45) is 0 Å². The molecule has 1 aromatic heterocycles. The number of carbonyl (C=O) groups is 2. The highest BCUT2D eigenvalue weighted by molar-refractivity contribution is 5.94. The summed E-state index contributed by atoms with van der Waals surface area (Å²) in [4.78, 5) is 37.9. The van der Waals surface area contributed by atoms with E-state index in [0.29, 0.717) is 26.3 Å². The Hall–Kier alpha value is -2.19. The van der Waals surface area contributed by atoms with Gasteiger partial charge in [0, 0.05) is 38.6 Å². The zero-order chi connectivity index (χ0) is 16.8. The lowest BCUT2D eigenvalue weighted by Gasteiger charge is -2.26. The van der Waals surface area contributed by atoms with Crippen LogP contribution < -0.4 is 5.43 Å². The summed E-state index contributed by atoms with van der Waals surface area (Å²) in [6, 6.07) is 0. The second kappa shape index (κ2) is 7.89. The molecule has 1 aromatic rings. The molecular formula is C15H20N2O6. The van der Waals surface area contributed by atoms with E-state index < -0.39 is 17.4 Å². The van der Waals surface area contributed by atoms with Crippen LogP contribution in [-0.4, -0.2) is 68.5 Å². The summed E-state index contributed by atoms with van der Waals surface area (Å²) in [6.45, 7) is 4.26. The number of pyridine rings is 1. The monoisotopic (exact) mass is 324 g/mol. The normalized spacial score (nSPS) is 15.2. The second-order valence-electron chi connectivity index (χ2n) is 5.09. The van der Waals surface area contributed by atoms with Crippen molar-refractivity contribution in [2.45, 2.75) is 6.54 Å². The molecule has 126 valence electrons. The van der Waals surface area contributed by atoms with Crippen LogP contribution in [0, 0.1) is 0 Å². The summed E-state index contributed by atoms with van der Waals surface area (Å²) in [7, 11) is 2.37. The van der Waals surface area contributed by atoms with Gasteiger partial charge in [-0.05, 0) is 0 Å². The first-order valence-corrected chi connectivity index (χ1v) is 7.27. The third-order valence-electron chi connectivity index (χ3n) is 3.67. The highest BCUT2D eigenvalue weighted by Gasteiger charge is 2.20. The van der Waals surface area contributed by atoms with Gasteiger partial charge in [0.25, 0.3) is 0 Å². The summed E-state index contributed by atoms with van der Waals surface area (Å²) in [5.74, 6) is -1.55. The largest absolute Gasteiger partial charge is 0.465 e. The zero-order valence-electron chi connectivity index (χ0n) is 13.2. The van der Waals surface area contributed by atoms with Crippen LogP contribution in [0.15, 0.2) is 17.2 Å². The number of hydrogen-bond acceptors (Lipinski definition) is 7. The van der Waals surface area contributed by atoms with E-state index in [1.54, 1.807) is 4.57 Å². The fourth-order valence-corrected chi connectivity index (χ4v) is 2.35. The molecule has 0 saturated carbocycles. The molecular weight excluding hydrogens is 304 g/mol. The Morgan fingerprint density at radius 3 is 2.04 bits per heavy atom. The van der Waals surface area contributed by atoms with E-state index >= 15 is 0 Å². The van der Waals surface area contributed by atoms with E-state index in [9.17, 15) is 14.4 Å². The topological polar surface area (TPSA) is 87.1 Å². The van der Waals surface area contributed by atoms with Crippen LogP contribution in [0.5, 0.6) is 0 Å². The number of methoxy groups -OCH3 is 2. The van der Waals surface area contributed by atoms with E-state index in [1.165, 1.54) is 26.6 Å². The van der Waals surface area contributed by atoms with Crippen molar-refractivity contribution >= 4 is 11.9 Å². The molecule has 0 aliphatic carbocycles. The number of rotatable bonds is 5. The number of morpholine rings is 1. The number of aromatic nitrogens is 1. The van der Waals surface area contributed by atoms with Gasteiger partial charge in [0.05, 0.1) is 27.4 Å². The van der Waals surface area contributed by atoms with Gasteiger partial charge in [0.1, 0.15) is 11.1 Å². The minimum absolute atomic E-state index is 0.183. The summed E-state index contributed by atoms with van der Waals surface area (Å²) in [6.07, 6.45) is 2.81. The van der Waals surface area contributed by atoms with Gasteiger partial charge in [-0.25, -0.2) is 9.59 Å². The lowest BCUT2D eigenvalue weighted by Crippen LogP contribution is -2.38. The van der Waals surface area contributed by atoms with Crippen LogP contribution >= 0.6 is 0 Å². The molecule has 0 aromatic carbocycles. The molecule has 2 rings (SSSR count). The van der Waals surface area contributed by atoms with Gasteiger partial charge < -0.3 is 18.8 Å². The molecule has 0 atom stereocenters. The third-order valence-corrected chi connectivity index (χ3v) is 3.67. The van der Waals surface area contributed by atoms with Crippen LogP contribution in [0.4, 0.5) is 0 Å². The van der Waals surface area contributed by atoms with E-state index in [0.717, 1.165) is 13.1 Å². The number of hydrogen-bond donors (Lipinski definition) is 0. The predicted octanol–water partition coefficient (Wildman–Crippen LogP) is -0.246. The number of ether oxygens (including phenoxy) is 3. The third kappa shape index (κ3) is 4.17. The van der Waals surface area contributed by atoms with Crippen molar-refractivity contribution in [3.63, 3.8) is 0 Å². The van der Waals surface area contributed by atoms with Crippen molar-refractivity contribution < 1.29 is 23.8 Å². The highest BCUT2D eigenvalue weighted by atomic mass is 16.5. The highest BCUT2D eigenvalue weighted by Crippen LogP contribution is 2.04. The first-order chi connectivity index (χ1) is 11.1. The summed E-state index contributed by atoms with van der Waals surface area (Å²) in [5.41, 5.74) is -1.05. The van der Waals surface area contributed by atoms with E-state index in [1.807, 2.05) is 0 Å². The van der Waals surface area contributed by atoms with Crippen molar-refractivity contribution in [3.05, 3.63) is 33.7 Å². The quantitative estimate of drug-likeness (QED) is 0.690. The Bertz CT molecular complexity index is 593. The molecule has 23 heavy (non-hydrogen) atoms. The molecule has 0 bridgehead atoms. The van der Waals surface area contributed by atoms with Crippen molar-refractivity contribution in [3.8, 4) is 0 Å². The Labute approximate surface area is 133 Å². The van der Waals surface area contributed by atoms with Crippen LogP contribution in [0.25, 0.3) is 0 Å². The van der Waals surface area contributed by atoms with Gasteiger partial charge in [-0.1, -0.05) is 0 Å². The first-order valence-electron chi connectivity index (χ1n) is 7.27. The Kier molecular flexibility index (Phi) is 5.89. The predicted molar refractivity (Wildman–Crippen MR) is 80.6 cm³/mol. The fraction of sp³-hybridized carbons (Fsp3) is 0.533. The molecule has 1 fully saturated rings. The summed E-state index contributed by atoms with van der Waals surface area (Å²) < 4.78 is 16.1. The number of nitrogens with zero attached hydrogens (tertiary/aromatic N) is 2. The average molecular weight is 324 g/mol. The second-order valence-corrected chi connectivity index (χ2v) is 5.09. The molecule has 1 aliphatic rings. The SMILES string of the molecule is COC(=O)c1cn(CCN2CCOCC2)cc(C(=O)OC)c1=O. The summed E-state index contributed by atoms with van der Waals surface area (Å²) in [5, 5.41) is 0. The molecule has 0 radical (unpaired) electrons. The van der Waals surface area contributed by atoms with Gasteiger partial charge in [0.15, 0.2) is 0 Å². The molecule has 8 nitrogen and oxygen atoms in total. The van der Waals surface area contributed by atoms with Crippen molar-refractivity contribution in [1.82, 2.24) is 9.47 Å². The smallest absolute Gasteiger partial charge is 0.343 e. The van der Waals surface area contributed by atoms with Crippen molar-refractivity contribution in [2.75, 3.05) is 47.1 Å². The molecule has 2 heterocycles. The zero-order valence-corrected chi connectivity index (χ0v) is 13.2. The minimum Gasteiger partial charge on any atom is -0.465 e. The Morgan fingerprint density at radius 2 is 1.57 bits per heavy atom. The number of carbonyl (C=O) groups excluding carboxylic acids is 2. The molecule has 0 unspecified atom stereocenters. The maximum absolute atomic E-state index is 12.2. The Morgan fingerprint density at radius 1 is 1.04 bits per heavy atom. The van der Waals surface area contributed by atoms with Crippen molar-refractivity contribution in [1.29, 1.82) is 0 Å². The van der Waals surface area contributed by atoms with Gasteiger partial charge in [-0.15, -0.1) is 0 Å². The first kappa shape index (κ1) is 17.2. The number of esters is 2. The lowest BCUT2D eigenvalue weighted by molar-refractivity contribution is 0.0363. The Balaban J connectivity index is 2.25. The fourth-order valence-electron chi connectivity index (χ4n) is 2.35. The van der Waals surface area contributed by atoms with E-state index in [4.69, 9.17) is 4.74 Å². The standard InChI is InChI=1S/C15H20N2O6/c1-21-14(19)11-9-17(4-3-16-5-7-23-8-6-16)10-12(13(11)18)15(20)22-2/h9-10H,3-8H2,1-2H3. The van der Waals surface area contributed by atoms with Gasteiger partial charge in [0.2, 0.25) is 5.43 Å². The maximum atomic E-state index is 12.2. The van der Waals surface area contributed by atoms with E-state index in [2.05, 4.69) is 14.4 Å². The van der Waals surface area contributed by atoms with Crippen LogP contribution in [0.3, 0.4) is 0 Å². The molecule has 1 aliphatic heterocycles. The van der Waals surface area contributed by atoms with E-state index in [-0.39, 0.29) is 11.1 Å². The van der Waals surface area contributed by atoms with Gasteiger partial charge in [-0.3, -0.25) is 9.69 Å². The minimum atomic E-state index is -0.777. The molecule has 1 saturated heterocycles. The summed E-state index contributed by atoms with van der Waals surface area (Å²) >= 11 is 0. The van der Waals surface area contributed by atoms with Gasteiger partial charge >= 0.3 is 11.9 Å².